The number of anilines is 1. The molecule has 0 radical (unpaired) electrons. The predicted molar refractivity (Wildman–Crippen MR) is 121 cm³/mol. The summed E-state index contributed by atoms with van der Waals surface area (Å²) in [7, 11) is 3.97. The van der Waals surface area contributed by atoms with E-state index in [0.717, 1.165) is 42.0 Å². The van der Waals surface area contributed by atoms with E-state index in [-0.39, 0.29) is 11.9 Å². The van der Waals surface area contributed by atoms with Gasteiger partial charge in [-0.1, -0.05) is 12.1 Å². The first kappa shape index (κ1) is 22.5. The molecule has 1 aromatic carbocycles. The molecule has 1 unspecified atom stereocenters. The molecule has 9 heteroatoms. The van der Waals surface area contributed by atoms with Crippen LogP contribution in [0, 0.1) is 5.82 Å². The molecule has 2 aromatic rings. The van der Waals surface area contributed by atoms with Crippen LogP contribution < -0.4 is 15.5 Å². The van der Waals surface area contributed by atoms with Crippen molar-refractivity contribution in [2.24, 2.45) is 4.99 Å². The number of ether oxygens (including phenoxy) is 1. The third kappa shape index (κ3) is 6.38. The van der Waals surface area contributed by atoms with Crippen LogP contribution in [0.2, 0.25) is 0 Å². The smallest absolute Gasteiger partial charge is 0.191 e. The molecule has 1 aliphatic heterocycles. The second kappa shape index (κ2) is 11.2. The lowest BCUT2D eigenvalue weighted by molar-refractivity contribution is 0.0170. The first-order chi connectivity index (χ1) is 14.6. The zero-order chi connectivity index (χ0) is 21.3. The number of rotatable bonds is 8. The minimum atomic E-state index is -0.220. The number of hydrogen-bond donors (Lipinski definition) is 2. The molecule has 1 fully saturated rings. The molecule has 3 rings (SSSR count). The fourth-order valence-corrected chi connectivity index (χ4v) is 4.05. The van der Waals surface area contributed by atoms with Gasteiger partial charge in [0.1, 0.15) is 5.82 Å². The average Bonchev–Trinajstić information content (AvgIpc) is 3.23. The van der Waals surface area contributed by atoms with Crippen molar-refractivity contribution in [1.29, 1.82) is 0 Å². The SMILES string of the molecule is CCNC(=NCc1csc(N(C)C)n1)NCC(c1ccc(F)cc1)N1CCOCC1. The summed E-state index contributed by atoms with van der Waals surface area (Å²) in [6, 6.07) is 6.87. The second-order valence-electron chi connectivity index (χ2n) is 7.31. The molecule has 164 valence electrons. The van der Waals surface area contributed by atoms with Gasteiger partial charge >= 0.3 is 0 Å². The van der Waals surface area contributed by atoms with E-state index >= 15 is 0 Å². The molecule has 1 aliphatic rings. The van der Waals surface area contributed by atoms with Gasteiger partial charge in [0.15, 0.2) is 11.1 Å². The Bertz CT molecular complexity index is 804. The zero-order valence-corrected chi connectivity index (χ0v) is 18.7. The molecule has 30 heavy (non-hydrogen) atoms. The standard InChI is InChI=1S/C21H31FN6OS/c1-4-23-20(24-13-18-15-30-21(26-18)27(2)3)25-14-19(28-9-11-29-12-10-28)16-5-7-17(22)8-6-16/h5-8,15,19H,4,9-14H2,1-3H3,(H2,23,24,25). The number of nitrogens with one attached hydrogen (secondary N) is 2. The lowest BCUT2D eigenvalue weighted by Crippen LogP contribution is -2.46. The summed E-state index contributed by atoms with van der Waals surface area (Å²) in [5, 5.41) is 9.77. The van der Waals surface area contributed by atoms with Crippen LogP contribution in [-0.2, 0) is 11.3 Å². The predicted octanol–water partition coefficient (Wildman–Crippen LogP) is 2.48. The summed E-state index contributed by atoms with van der Waals surface area (Å²) in [6.07, 6.45) is 0. The molecule has 0 saturated carbocycles. The monoisotopic (exact) mass is 434 g/mol. The third-order valence-corrected chi connectivity index (χ3v) is 5.93. The number of guanidine groups is 1. The minimum absolute atomic E-state index is 0.109. The van der Waals surface area contributed by atoms with Gasteiger partial charge in [-0.05, 0) is 24.6 Å². The fourth-order valence-electron chi connectivity index (χ4n) is 3.30. The number of thiazole rings is 1. The summed E-state index contributed by atoms with van der Waals surface area (Å²) < 4.78 is 18.9. The molecule has 1 aromatic heterocycles. The molecule has 0 amide bonds. The van der Waals surface area contributed by atoms with Crippen molar-refractivity contribution < 1.29 is 9.13 Å². The van der Waals surface area contributed by atoms with Gasteiger partial charge in [0.25, 0.3) is 0 Å². The number of benzene rings is 1. The normalized spacial score (nSPS) is 16.3. The lowest BCUT2D eigenvalue weighted by Gasteiger charge is -2.35. The molecule has 1 saturated heterocycles. The minimum Gasteiger partial charge on any atom is -0.379 e. The van der Waals surface area contributed by atoms with Crippen LogP contribution in [0.1, 0.15) is 24.2 Å². The number of nitrogens with zero attached hydrogens (tertiary/aromatic N) is 4. The van der Waals surface area contributed by atoms with Crippen molar-refractivity contribution in [1.82, 2.24) is 20.5 Å². The number of morpholine rings is 1. The second-order valence-corrected chi connectivity index (χ2v) is 8.14. The number of aliphatic imine (C=N–C) groups is 1. The van der Waals surface area contributed by atoms with Gasteiger partial charge in [0.05, 0.1) is 31.5 Å². The quantitative estimate of drug-likeness (QED) is 0.492. The molecule has 2 N–H and O–H groups in total. The summed E-state index contributed by atoms with van der Waals surface area (Å²) in [4.78, 5) is 13.7. The molecule has 1 atom stereocenters. The molecule has 7 nitrogen and oxygen atoms in total. The molecule has 0 bridgehead atoms. The summed E-state index contributed by atoms with van der Waals surface area (Å²) in [5.41, 5.74) is 2.03. The van der Waals surface area contributed by atoms with Crippen molar-refractivity contribution in [2.45, 2.75) is 19.5 Å². The van der Waals surface area contributed by atoms with Crippen LogP contribution in [0.4, 0.5) is 9.52 Å². The van der Waals surface area contributed by atoms with E-state index < -0.39 is 0 Å². The molecule has 0 aliphatic carbocycles. The molecular formula is C21H31FN6OS. The van der Waals surface area contributed by atoms with E-state index in [9.17, 15) is 4.39 Å². The molecular weight excluding hydrogens is 403 g/mol. The first-order valence-corrected chi connectivity index (χ1v) is 11.2. The van der Waals surface area contributed by atoms with E-state index in [1.54, 1.807) is 11.3 Å². The van der Waals surface area contributed by atoms with Gasteiger partial charge in [-0.25, -0.2) is 14.4 Å². The van der Waals surface area contributed by atoms with E-state index in [1.165, 1.54) is 12.1 Å². The summed E-state index contributed by atoms with van der Waals surface area (Å²) in [6.45, 7) is 7.12. The van der Waals surface area contributed by atoms with Crippen LogP contribution in [0.5, 0.6) is 0 Å². The number of hydrogen-bond acceptors (Lipinski definition) is 6. The lowest BCUT2D eigenvalue weighted by atomic mass is 10.0. The van der Waals surface area contributed by atoms with Gasteiger partial charge in [-0.15, -0.1) is 11.3 Å². The van der Waals surface area contributed by atoms with E-state index in [0.29, 0.717) is 26.3 Å². The Hall–Kier alpha value is -2.23. The first-order valence-electron chi connectivity index (χ1n) is 10.3. The third-order valence-electron chi connectivity index (χ3n) is 4.87. The number of halogens is 1. The van der Waals surface area contributed by atoms with Crippen molar-refractivity contribution in [3.05, 3.63) is 46.7 Å². The van der Waals surface area contributed by atoms with E-state index in [2.05, 4.69) is 20.5 Å². The molecule has 0 spiro atoms. The Kier molecular flexibility index (Phi) is 8.41. The van der Waals surface area contributed by atoms with Gasteiger partial charge < -0.3 is 20.3 Å². The zero-order valence-electron chi connectivity index (χ0n) is 17.9. The maximum Gasteiger partial charge on any atom is 0.191 e. The maximum atomic E-state index is 13.4. The van der Waals surface area contributed by atoms with Crippen LogP contribution in [0.3, 0.4) is 0 Å². The largest absolute Gasteiger partial charge is 0.379 e. The Morgan fingerprint density at radius 1 is 1.27 bits per heavy atom. The fraction of sp³-hybridized carbons (Fsp3) is 0.524. The molecule has 2 heterocycles. The van der Waals surface area contributed by atoms with Crippen molar-refractivity contribution >= 4 is 22.4 Å². The highest BCUT2D eigenvalue weighted by atomic mass is 32.1. The van der Waals surface area contributed by atoms with Gasteiger partial charge in [0.2, 0.25) is 0 Å². The van der Waals surface area contributed by atoms with Gasteiger partial charge in [-0.2, -0.15) is 0 Å². The number of aromatic nitrogens is 1. The Morgan fingerprint density at radius 2 is 2.00 bits per heavy atom. The van der Waals surface area contributed by atoms with Crippen LogP contribution in [0.25, 0.3) is 0 Å². The maximum absolute atomic E-state index is 13.4. The summed E-state index contributed by atoms with van der Waals surface area (Å²) in [5.74, 6) is 0.528. The van der Waals surface area contributed by atoms with E-state index in [4.69, 9.17) is 9.73 Å². The van der Waals surface area contributed by atoms with Crippen LogP contribution in [-0.4, -0.2) is 69.3 Å². The van der Waals surface area contributed by atoms with Gasteiger partial charge in [-0.3, -0.25) is 4.90 Å². The highest BCUT2D eigenvalue weighted by Gasteiger charge is 2.23. The van der Waals surface area contributed by atoms with E-state index in [1.807, 2.05) is 43.4 Å². The summed E-state index contributed by atoms with van der Waals surface area (Å²) >= 11 is 1.61. The highest BCUT2D eigenvalue weighted by Crippen LogP contribution is 2.22. The van der Waals surface area contributed by atoms with Crippen LogP contribution in [0.15, 0.2) is 34.6 Å². The van der Waals surface area contributed by atoms with Gasteiger partial charge in [0, 0.05) is 45.7 Å². The highest BCUT2D eigenvalue weighted by molar-refractivity contribution is 7.13. The Balaban J connectivity index is 1.68. The topological polar surface area (TPSA) is 65.0 Å². The van der Waals surface area contributed by atoms with Crippen LogP contribution >= 0.6 is 11.3 Å². The Morgan fingerprint density at radius 3 is 2.63 bits per heavy atom. The van der Waals surface area contributed by atoms with Crippen molar-refractivity contribution in [3.8, 4) is 0 Å². The van der Waals surface area contributed by atoms with Crippen molar-refractivity contribution in [2.75, 3.05) is 58.4 Å². The van der Waals surface area contributed by atoms with Crippen molar-refractivity contribution in [3.63, 3.8) is 0 Å². The average molecular weight is 435 g/mol. The Labute approximate surface area is 182 Å².